The first-order valence-corrected chi connectivity index (χ1v) is 10.5. The van der Waals surface area contributed by atoms with E-state index in [0.717, 1.165) is 18.2 Å². The van der Waals surface area contributed by atoms with Gasteiger partial charge in [-0.2, -0.15) is 18.4 Å². The van der Waals surface area contributed by atoms with Gasteiger partial charge in [0.25, 0.3) is 0 Å². The van der Waals surface area contributed by atoms with Crippen molar-refractivity contribution in [3.8, 4) is 11.8 Å². The van der Waals surface area contributed by atoms with E-state index in [1.54, 1.807) is 6.92 Å². The highest BCUT2D eigenvalue weighted by Crippen LogP contribution is 2.42. The van der Waals surface area contributed by atoms with Crippen molar-refractivity contribution in [1.29, 1.82) is 5.26 Å². The van der Waals surface area contributed by atoms with Crippen molar-refractivity contribution < 1.29 is 37.1 Å². The molecule has 0 saturated heterocycles. The van der Waals surface area contributed by atoms with Crippen LogP contribution in [0.3, 0.4) is 0 Å². The minimum Gasteiger partial charge on any atom is -0.482 e. The molecule has 3 rings (SSSR count). The Bertz CT molecular complexity index is 1310. The summed E-state index contributed by atoms with van der Waals surface area (Å²) in [5.41, 5.74) is 4.70. The van der Waals surface area contributed by atoms with E-state index in [1.165, 1.54) is 31.2 Å². The average Bonchev–Trinajstić information content (AvgIpc) is 2.81. The number of nitriles is 1. The summed E-state index contributed by atoms with van der Waals surface area (Å²) in [5, 5.41) is 21.3. The smallest absolute Gasteiger partial charge is 0.416 e. The summed E-state index contributed by atoms with van der Waals surface area (Å²) in [4.78, 5) is 23.5. The van der Waals surface area contributed by atoms with Gasteiger partial charge < -0.3 is 19.9 Å². The van der Waals surface area contributed by atoms with Crippen LogP contribution in [0.15, 0.2) is 65.3 Å². The SMILES string of the molecule is CCOC(=O)C1=C(C)OC(N)=C(C#N)C1c1ccc([N+](=O)[O-])c(OCc2cccc(C(F)(F)F)c2)c1. The molecule has 0 aliphatic carbocycles. The molecule has 2 N–H and O–H groups in total. The number of benzene rings is 2. The fourth-order valence-electron chi connectivity index (χ4n) is 3.66. The zero-order chi connectivity index (χ0) is 26.6. The molecule has 0 fully saturated rings. The summed E-state index contributed by atoms with van der Waals surface area (Å²) in [6, 6.07) is 9.89. The molecule has 0 aromatic heterocycles. The van der Waals surface area contributed by atoms with Crippen LogP contribution >= 0.6 is 0 Å². The van der Waals surface area contributed by atoms with Crippen LogP contribution in [0.5, 0.6) is 5.75 Å². The third kappa shape index (κ3) is 5.41. The van der Waals surface area contributed by atoms with Crippen molar-refractivity contribution in [3.05, 3.63) is 92.1 Å². The van der Waals surface area contributed by atoms with Gasteiger partial charge in [0.15, 0.2) is 5.75 Å². The summed E-state index contributed by atoms with van der Waals surface area (Å²) in [6.07, 6.45) is -4.57. The van der Waals surface area contributed by atoms with E-state index in [0.29, 0.717) is 0 Å². The molecule has 1 heterocycles. The number of alkyl halides is 3. The number of carbonyl (C=O) groups is 1. The quantitative estimate of drug-likeness (QED) is 0.322. The monoisotopic (exact) mass is 503 g/mol. The van der Waals surface area contributed by atoms with Crippen LogP contribution in [-0.4, -0.2) is 17.5 Å². The van der Waals surface area contributed by atoms with E-state index >= 15 is 0 Å². The first kappa shape index (κ1) is 26.1. The van der Waals surface area contributed by atoms with E-state index in [9.17, 15) is 33.3 Å². The molecule has 0 bridgehead atoms. The number of nitro benzene ring substituents is 1. The molecule has 0 spiro atoms. The number of rotatable bonds is 7. The van der Waals surface area contributed by atoms with Crippen LogP contribution in [0, 0.1) is 21.4 Å². The van der Waals surface area contributed by atoms with Crippen LogP contribution in [-0.2, 0) is 27.1 Å². The predicted octanol–water partition coefficient (Wildman–Crippen LogP) is 4.84. The Hall–Kier alpha value is -4.53. The van der Waals surface area contributed by atoms with Crippen LogP contribution in [0.25, 0.3) is 0 Å². The Kier molecular flexibility index (Phi) is 7.53. The number of nitrogens with two attached hydrogens (primary N) is 1. The molecule has 0 amide bonds. The Morgan fingerprint density at radius 3 is 2.61 bits per heavy atom. The largest absolute Gasteiger partial charge is 0.482 e. The van der Waals surface area contributed by atoms with Gasteiger partial charge >= 0.3 is 17.8 Å². The maximum absolute atomic E-state index is 13.0. The molecular weight excluding hydrogens is 483 g/mol. The molecule has 0 saturated carbocycles. The standard InChI is InChI=1S/C24H20F3N3O6/c1-3-34-23(31)20-13(2)36-22(29)17(11-28)21(20)15-7-8-18(30(32)33)19(10-15)35-12-14-5-4-6-16(9-14)24(25,26)27/h4-10,21H,3,12,29H2,1-2H3. The normalized spacial score (nSPS) is 15.7. The minimum atomic E-state index is -4.57. The molecule has 1 atom stereocenters. The van der Waals surface area contributed by atoms with E-state index < -0.39 is 40.8 Å². The fraction of sp³-hybridized carbons (Fsp3) is 0.250. The second-order valence-electron chi connectivity index (χ2n) is 7.59. The van der Waals surface area contributed by atoms with Crippen LogP contribution in [0.4, 0.5) is 18.9 Å². The lowest BCUT2D eigenvalue weighted by Crippen LogP contribution is -2.25. The van der Waals surface area contributed by atoms with Gasteiger partial charge in [-0.15, -0.1) is 0 Å². The van der Waals surface area contributed by atoms with Crippen molar-refractivity contribution >= 4 is 11.7 Å². The second kappa shape index (κ2) is 10.4. The lowest BCUT2D eigenvalue weighted by atomic mass is 9.83. The molecule has 2 aromatic carbocycles. The number of hydrogen-bond acceptors (Lipinski definition) is 8. The highest BCUT2D eigenvalue weighted by molar-refractivity contribution is 5.92. The summed E-state index contributed by atoms with van der Waals surface area (Å²) in [5.74, 6) is -2.31. The first-order valence-electron chi connectivity index (χ1n) is 10.5. The van der Waals surface area contributed by atoms with Crippen LogP contribution in [0.1, 0.15) is 36.5 Å². The number of ether oxygens (including phenoxy) is 3. The van der Waals surface area contributed by atoms with Crippen LogP contribution in [0.2, 0.25) is 0 Å². The van der Waals surface area contributed by atoms with Gasteiger partial charge in [0.05, 0.1) is 28.6 Å². The number of esters is 1. The van der Waals surface area contributed by atoms with Crippen molar-refractivity contribution in [2.45, 2.75) is 32.5 Å². The maximum Gasteiger partial charge on any atom is 0.416 e. The minimum absolute atomic E-state index is 0.0275. The molecule has 1 aliphatic rings. The van der Waals surface area contributed by atoms with E-state index in [4.69, 9.17) is 19.9 Å². The highest BCUT2D eigenvalue weighted by atomic mass is 19.4. The van der Waals surface area contributed by atoms with Gasteiger partial charge in [-0.3, -0.25) is 10.1 Å². The number of allylic oxidation sites excluding steroid dienone is 2. The number of nitrogens with zero attached hydrogens (tertiary/aromatic N) is 2. The number of halogens is 3. The van der Waals surface area contributed by atoms with E-state index in [1.807, 2.05) is 6.07 Å². The van der Waals surface area contributed by atoms with Gasteiger partial charge in [-0.25, -0.2) is 4.79 Å². The topological polar surface area (TPSA) is 138 Å². The molecule has 2 aromatic rings. The molecule has 12 heteroatoms. The van der Waals surface area contributed by atoms with E-state index in [-0.39, 0.29) is 46.3 Å². The van der Waals surface area contributed by atoms with E-state index in [2.05, 4.69) is 0 Å². The van der Waals surface area contributed by atoms with Gasteiger partial charge in [0.2, 0.25) is 5.88 Å². The predicted molar refractivity (Wildman–Crippen MR) is 119 cm³/mol. The van der Waals surface area contributed by atoms with Crippen molar-refractivity contribution in [2.24, 2.45) is 5.73 Å². The summed E-state index contributed by atoms with van der Waals surface area (Å²) < 4.78 is 55.1. The van der Waals surface area contributed by atoms with Gasteiger partial charge in [0, 0.05) is 6.07 Å². The Morgan fingerprint density at radius 1 is 1.28 bits per heavy atom. The Morgan fingerprint density at radius 2 is 2.00 bits per heavy atom. The van der Waals surface area contributed by atoms with Gasteiger partial charge in [-0.05, 0) is 43.2 Å². The Balaban J connectivity index is 2.05. The van der Waals surface area contributed by atoms with Gasteiger partial charge in [0.1, 0.15) is 24.0 Å². The van der Waals surface area contributed by atoms with Gasteiger partial charge in [-0.1, -0.05) is 18.2 Å². The molecule has 0 radical (unpaired) electrons. The zero-order valence-corrected chi connectivity index (χ0v) is 19.1. The number of hydrogen-bond donors (Lipinski definition) is 1. The molecular formula is C24H20F3N3O6. The molecule has 9 nitrogen and oxygen atoms in total. The maximum atomic E-state index is 13.0. The highest BCUT2D eigenvalue weighted by Gasteiger charge is 2.37. The summed E-state index contributed by atoms with van der Waals surface area (Å²) >= 11 is 0. The summed E-state index contributed by atoms with van der Waals surface area (Å²) in [7, 11) is 0. The molecule has 188 valence electrons. The third-order valence-corrected chi connectivity index (χ3v) is 5.26. The van der Waals surface area contributed by atoms with Crippen molar-refractivity contribution in [2.75, 3.05) is 6.61 Å². The number of nitro groups is 1. The van der Waals surface area contributed by atoms with Crippen LogP contribution < -0.4 is 10.5 Å². The second-order valence-corrected chi connectivity index (χ2v) is 7.59. The number of carbonyl (C=O) groups excluding carboxylic acids is 1. The summed E-state index contributed by atoms with van der Waals surface area (Å²) in [6.45, 7) is 2.67. The zero-order valence-electron chi connectivity index (χ0n) is 19.1. The van der Waals surface area contributed by atoms with Crippen molar-refractivity contribution in [3.63, 3.8) is 0 Å². The third-order valence-electron chi connectivity index (χ3n) is 5.26. The lowest BCUT2D eigenvalue weighted by molar-refractivity contribution is -0.386. The Labute approximate surface area is 203 Å². The molecule has 1 unspecified atom stereocenters. The first-order chi connectivity index (χ1) is 17.0. The molecule has 36 heavy (non-hydrogen) atoms. The van der Waals surface area contributed by atoms with Crippen molar-refractivity contribution in [1.82, 2.24) is 0 Å². The lowest BCUT2D eigenvalue weighted by Gasteiger charge is -2.27. The fourth-order valence-corrected chi connectivity index (χ4v) is 3.66. The molecule has 1 aliphatic heterocycles. The average molecular weight is 503 g/mol.